The van der Waals surface area contributed by atoms with Crippen LogP contribution in [0, 0.1) is 0 Å². The van der Waals surface area contributed by atoms with Crippen molar-refractivity contribution < 1.29 is 13.6 Å². The molecule has 1 unspecified atom stereocenters. The smallest absolute Gasteiger partial charge is 0.188 e. The summed E-state index contributed by atoms with van der Waals surface area (Å²) < 4.78 is 19.7. The van der Waals surface area contributed by atoms with E-state index in [4.69, 9.17) is 4.55 Å². The van der Waals surface area contributed by atoms with E-state index in [9.17, 15) is 4.21 Å². The van der Waals surface area contributed by atoms with Crippen molar-refractivity contribution in [3.05, 3.63) is 35.3 Å². The Morgan fingerprint density at radius 1 is 1.69 bits per heavy atom. The van der Waals surface area contributed by atoms with Crippen LogP contribution in [0.1, 0.15) is 0 Å². The van der Waals surface area contributed by atoms with E-state index in [1.54, 1.807) is 12.2 Å². The van der Waals surface area contributed by atoms with Crippen molar-refractivity contribution in [1.29, 1.82) is 0 Å². The maximum absolute atomic E-state index is 10.8. The van der Waals surface area contributed by atoms with Crippen molar-refractivity contribution in [3.8, 4) is 0 Å². The molecule has 0 aromatic heterocycles. The van der Waals surface area contributed by atoms with E-state index in [0.717, 1.165) is 0 Å². The highest BCUT2D eigenvalue weighted by atomic mass is 32.2. The van der Waals surface area contributed by atoms with E-state index in [0.29, 0.717) is 11.3 Å². The van der Waals surface area contributed by atoms with Gasteiger partial charge >= 0.3 is 0 Å². The Balaban J connectivity index is 3.10. The number of hydrogen-bond donors (Lipinski definition) is 1. The monoisotopic (exact) mass is 199 g/mol. The fraction of sp³-hybridized carbons (Fsp3) is 0.125. The highest BCUT2D eigenvalue weighted by Gasteiger charge is 2.17. The normalized spacial score (nSPS) is 21.5. The Hall–Kier alpha value is -1.20. The molecule has 1 N–H and O–H groups in total. The van der Waals surface area contributed by atoms with E-state index < -0.39 is 11.1 Å². The van der Waals surface area contributed by atoms with Crippen molar-refractivity contribution in [2.45, 2.75) is 0 Å². The molecular weight excluding hydrogens is 190 g/mol. The molecule has 70 valence electrons. The molecule has 0 amide bonds. The molecule has 0 radical (unpaired) electrons. The van der Waals surface area contributed by atoms with Gasteiger partial charge in [0, 0.05) is 0 Å². The second-order valence-electron chi connectivity index (χ2n) is 2.29. The Labute approximate surface area is 78.6 Å². The summed E-state index contributed by atoms with van der Waals surface area (Å²) >= 11 is -2.07. The maximum atomic E-state index is 10.8. The van der Waals surface area contributed by atoms with Crippen LogP contribution < -0.4 is 0 Å². The number of allylic oxidation sites excluding steroid dienone is 5. The van der Waals surface area contributed by atoms with E-state index in [-0.39, 0.29) is 4.91 Å². The molecule has 1 rings (SSSR count). The molecule has 1 atom stereocenters. The molecule has 0 aromatic rings. The molecule has 0 heterocycles. The number of hydrogen-bond acceptors (Lipinski definition) is 3. The summed E-state index contributed by atoms with van der Waals surface area (Å²) in [7, 11) is 1.37. The van der Waals surface area contributed by atoms with Crippen LogP contribution in [0.4, 0.5) is 0 Å². The zero-order chi connectivity index (χ0) is 9.84. The lowest BCUT2D eigenvalue weighted by Gasteiger charge is -2.09. The summed E-state index contributed by atoms with van der Waals surface area (Å²) in [4.78, 5) is 4.74. The van der Waals surface area contributed by atoms with Gasteiger partial charge in [0.05, 0.1) is 4.91 Å². The van der Waals surface area contributed by atoms with Gasteiger partial charge in [-0.15, -0.1) is 0 Å². The second-order valence-corrected chi connectivity index (χ2v) is 3.23. The SMILES string of the molecule is C=C1C=CC=C(S(=O)O)/C1=N/OC. The minimum absolute atomic E-state index is 0.203. The average Bonchev–Trinajstić information content (AvgIpc) is 2.08. The molecule has 0 spiro atoms. The molecule has 0 aromatic carbocycles. The Kier molecular flexibility index (Phi) is 3.16. The van der Waals surface area contributed by atoms with Gasteiger partial charge < -0.3 is 9.39 Å². The molecule has 1 aliphatic rings. The van der Waals surface area contributed by atoms with Gasteiger partial charge in [0.1, 0.15) is 12.8 Å². The van der Waals surface area contributed by atoms with Crippen LogP contribution in [-0.2, 0) is 15.9 Å². The zero-order valence-corrected chi connectivity index (χ0v) is 7.87. The van der Waals surface area contributed by atoms with Crippen LogP contribution in [-0.4, -0.2) is 21.6 Å². The van der Waals surface area contributed by atoms with E-state index in [1.807, 2.05) is 0 Å². The third kappa shape index (κ3) is 2.13. The predicted octanol–water partition coefficient (Wildman–Crippen LogP) is 1.22. The Morgan fingerprint density at radius 2 is 2.38 bits per heavy atom. The number of oxime groups is 1. The van der Waals surface area contributed by atoms with Gasteiger partial charge in [-0.1, -0.05) is 23.9 Å². The summed E-state index contributed by atoms with van der Waals surface area (Å²) in [6.07, 6.45) is 4.83. The van der Waals surface area contributed by atoms with Crippen LogP contribution >= 0.6 is 0 Å². The van der Waals surface area contributed by atoms with Crippen LogP contribution in [0.3, 0.4) is 0 Å². The summed E-state index contributed by atoms with van der Waals surface area (Å²) in [5.41, 5.74) is 0.868. The molecule has 0 fully saturated rings. The van der Waals surface area contributed by atoms with Crippen molar-refractivity contribution in [2.75, 3.05) is 7.11 Å². The fourth-order valence-electron chi connectivity index (χ4n) is 0.904. The van der Waals surface area contributed by atoms with E-state index in [2.05, 4.69) is 16.6 Å². The van der Waals surface area contributed by atoms with Crippen molar-refractivity contribution in [1.82, 2.24) is 0 Å². The Morgan fingerprint density at radius 3 is 2.92 bits per heavy atom. The largest absolute Gasteiger partial charge is 0.399 e. The third-order valence-electron chi connectivity index (χ3n) is 1.45. The molecule has 0 saturated carbocycles. The molecular formula is C8H9NO3S. The number of nitrogens with zero attached hydrogens (tertiary/aromatic N) is 1. The first kappa shape index (κ1) is 9.88. The summed E-state index contributed by atoms with van der Waals surface area (Å²) in [6, 6.07) is 0. The van der Waals surface area contributed by atoms with E-state index >= 15 is 0 Å². The van der Waals surface area contributed by atoms with Gasteiger partial charge in [-0.3, -0.25) is 0 Å². The first-order valence-corrected chi connectivity index (χ1v) is 4.57. The standard InChI is InChI=1S/C8H9NO3S/c1-6-4-3-5-7(13(10)11)8(6)9-12-2/h3-5H,1H2,2H3,(H,10,11)/b9-8+. The number of rotatable bonds is 2. The van der Waals surface area contributed by atoms with Gasteiger partial charge in [-0.2, -0.15) is 0 Å². The van der Waals surface area contributed by atoms with Crippen molar-refractivity contribution in [3.63, 3.8) is 0 Å². The lowest BCUT2D eigenvalue weighted by molar-refractivity contribution is 0.214. The molecule has 13 heavy (non-hydrogen) atoms. The van der Waals surface area contributed by atoms with Crippen LogP contribution in [0.25, 0.3) is 0 Å². The highest BCUT2D eigenvalue weighted by Crippen LogP contribution is 2.16. The van der Waals surface area contributed by atoms with Gasteiger partial charge in [0.2, 0.25) is 0 Å². The maximum Gasteiger partial charge on any atom is 0.188 e. The lowest BCUT2D eigenvalue weighted by Crippen LogP contribution is -2.12. The van der Waals surface area contributed by atoms with Crippen molar-refractivity contribution in [2.24, 2.45) is 5.16 Å². The average molecular weight is 199 g/mol. The van der Waals surface area contributed by atoms with Gasteiger partial charge in [-0.25, -0.2) is 4.21 Å². The third-order valence-corrected chi connectivity index (χ3v) is 2.16. The van der Waals surface area contributed by atoms with Gasteiger partial charge in [0.25, 0.3) is 0 Å². The summed E-state index contributed by atoms with van der Waals surface area (Å²) in [5, 5.41) is 3.61. The predicted molar refractivity (Wildman–Crippen MR) is 51.6 cm³/mol. The molecule has 5 heteroatoms. The quantitative estimate of drug-likeness (QED) is 0.537. The molecule has 0 bridgehead atoms. The molecule has 1 aliphatic carbocycles. The zero-order valence-electron chi connectivity index (χ0n) is 7.06. The van der Waals surface area contributed by atoms with Crippen LogP contribution in [0.2, 0.25) is 0 Å². The second kappa shape index (κ2) is 4.15. The summed E-state index contributed by atoms with van der Waals surface area (Å²) in [6.45, 7) is 3.66. The molecule has 0 aliphatic heterocycles. The summed E-state index contributed by atoms with van der Waals surface area (Å²) in [5.74, 6) is 0. The minimum Gasteiger partial charge on any atom is -0.399 e. The van der Waals surface area contributed by atoms with Gasteiger partial charge in [-0.05, 0) is 11.6 Å². The fourth-order valence-corrected chi connectivity index (χ4v) is 1.43. The molecule has 4 nitrogen and oxygen atoms in total. The molecule has 0 saturated heterocycles. The van der Waals surface area contributed by atoms with Crippen LogP contribution in [0.5, 0.6) is 0 Å². The lowest BCUT2D eigenvalue weighted by atomic mass is 10.1. The Bertz CT molecular complexity index is 341. The van der Waals surface area contributed by atoms with Crippen LogP contribution in [0.15, 0.2) is 40.4 Å². The minimum atomic E-state index is -2.07. The highest BCUT2D eigenvalue weighted by molar-refractivity contribution is 7.84. The topological polar surface area (TPSA) is 58.9 Å². The van der Waals surface area contributed by atoms with E-state index in [1.165, 1.54) is 13.2 Å². The van der Waals surface area contributed by atoms with Gasteiger partial charge in [0.15, 0.2) is 11.1 Å². The van der Waals surface area contributed by atoms with Crippen molar-refractivity contribution >= 4 is 16.8 Å². The first-order valence-electron chi connectivity index (χ1n) is 3.47. The first-order chi connectivity index (χ1) is 6.16.